The van der Waals surface area contributed by atoms with Crippen LogP contribution >= 0.6 is 0 Å². The highest BCUT2D eigenvalue weighted by atomic mass is 32.2. The average Bonchev–Trinajstić information content (AvgIpc) is 3.02. The van der Waals surface area contributed by atoms with E-state index < -0.39 is 30.5 Å². The Labute approximate surface area is 172 Å². The number of sulfone groups is 1. The molecule has 0 spiro atoms. The molecule has 2 aromatic carbocycles. The maximum atomic E-state index is 12.2. The third-order valence-electron chi connectivity index (χ3n) is 5.00. The molecule has 0 bridgehead atoms. The molecule has 0 fully saturated rings. The van der Waals surface area contributed by atoms with Crippen LogP contribution in [0.5, 0.6) is 11.5 Å². The summed E-state index contributed by atoms with van der Waals surface area (Å²) in [7, 11) is -6.76. The third kappa shape index (κ3) is 4.98. The average molecular weight is 439 g/mol. The van der Waals surface area contributed by atoms with Gasteiger partial charge in [-0.2, -0.15) is 0 Å². The summed E-state index contributed by atoms with van der Waals surface area (Å²) < 4.78 is 56.4. The Kier molecular flexibility index (Phi) is 6.05. The number of ether oxygens (including phenoxy) is 1. The van der Waals surface area contributed by atoms with Gasteiger partial charge in [0.2, 0.25) is 10.0 Å². The zero-order valence-electron chi connectivity index (χ0n) is 16.6. The Hall–Kier alpha value is -1.94. The molecule has 29 heavy (non-hydrogen) atoms. The highest BCUT2D eigenvalue weighted by Gasteiger charge is 2.28. The molecule has 2 aromatic rings. The van der Waals surface area contributed by atoms with Crippen LogP contribution in [0.1, 0.15) is 48.4 Å². The zero-order valence-corrected chi connectivity index (χ0v) is 18.3. The van der Waals surface area contributed by atoms with E-state index in [1.165, 1.54) is 0 Å². The quantitative estimate of drug-likeness (QED) is 0.687. The van der Waals surface area contributed by atoms with E-state index in [1.54, 1.807) is 44.2 Å². The van der Waals surface area contributed by atoms with Crippen molar-refractivity contribution in [1.29, 1.82) is 0 Å². The summed E-state index contributed by atoms with van der Waals surface area (Å²) in [5, 5.41) is -1.60. The molecule has 158 valence electrons. The molecule has 7 nitrogen and oxygen atoms in total. The maximum Gasteiger partial charge on any atom is 0.214 e. The molecular weight excluding hydrogens is 412 g/mol. The van der Waals surface area contributed by atoms with Gasteiger partial charge in [0.15, 0.2) is 9.84 Å². The maximum absolute atomic E-state index is 12.2. The standard InChI is InChI=1S/C20H26N2O5S2/c1-13(2)29(25,26)22-19-10-7-14-11-17(8-9-18(14)19)27-16-6-4-5-15(12-16)20(21)28(3,23)24/h4-6,8-9,11-13,19-20,22H,7,10,21H2,1-3H3. The number of benzene rings is 2. The Morgan fingerprint density at radius 2 is 1.76 bits per heavy atom. The highest BCUT2D eigenvalue weighted by Crippen LogP contribution is 2.35. The number of hydrogen-bond acceptors (Lipinski definition) is 6. The van der Waals surface area contributed by atoms with Gasteiger partial charge in [-0.25, -0.2) is 21.6 Å². The molecule has 0 aromatic heterocycles. The number of nitrogens with two attached hydrogens (primary N) is 1. The number of aryl methyl sites for hydroxylation is 1. The molecule has 0 heterocycles. The van der Waals surface area contributed by atoms with E-state index in [4.69, 9.17) is 10.5 Å². The van der Waals surface area contributed by atoms with Crippen LogP contribution in [0.4, 0.5) is 0 Å². The van der Waals surface area contributed by atoms with Crippen molar-refractivity contribution in [2.45, 2.75) is 43.4 Å². The van der Waals surface area contributed by atoms with Gasteiger partial charge in [0.1, 0.15) is 16.9 Å². The van der Waals surface area contributed by atoms with Crippen molar-refractivity contribution in [3.05, 3.63) is 59.2 Å². The number of rotatable bonds is 7. The molecule has 0 radical (unpaired) electrons. The van der Waals surface area contributed by atoms with Crippen LogP contribution in [0, 0.1) is 0 Å². The van der Waals surface area contributed by atoms with Gasteiger partial charge in [-0.15, -0.1) is 0 Å². The molecule has 1 aliphatic carbocycles. The molecular formula is C20H26N2O5S2. The normalized spacial score (nSPS) is 17.9. The van der Waals surface area contributed by atoms with Gasteiger partial charge in [-0.3, -0.25) is 0 Å². The minimum atomic E-state index is -3.41. The number of fused-ring (bicyclic) bond motifs is 1. The Morgan fingerprint density at radius 3 is 2.41 bits per heavy atom. The lowest BCUT2D eigenvalue weighted by Crippen LogP contribution is -2.33. The fourth-order valence-electron chi connectivity index (χ4n) is 3.25. The summed E-state index contributed by atoms with van der Waals surface area (Å²) in [5.74, 6) is 1.08. The molecule has 0 saturated carbocycles. The highest BCUT2D eigenvalue weighted by molar-refractivity contribution is 7.90. The summed E-state index contributed by atoms with van der Waals surface area (Å²) in [6.07, 6.45) is 2.54. The summed E-state index contributed by atoms with van der Waals surface area (Å²) >= 11 is 0. The number of hydrogen-bond donors (Lipinski definition) is 2. The Bertz CT molecular complexity index is 1110. The predicted octanol–water partition coefficient (Wildman–Crippen LogP) is 2.80. The molecule has 0 saturated heterocycles. The zero-order chi connectivity index (χ0) is 21.4. The van der Waals surface area contributed by atoms with Crippen molar-refractivity contribution >= 4 is 19.9 Å². The first-order chi connectivity index (χ1) is 13.5. The first kappa shape index (κ1) is 21.8. The largest absolute Gasteiger partial charge is 0.457 e. The minimum absolute atomic E-state index is 0.234. The van der Waals surface area contributed by atoms with Crippen LogP contribution in [0.3, 0.4) is 0 Å². The van der Waals surface area contributed by atoms with E-state index in [1.807, 2.05) is 12.1 Å². The SMILES string of the molecule is CC(C)S(=O)(=O)NC1CCc2cc(Oc3cccc(C(N)S(C)(=O)=O)c3)ccc21. The molecule has 3 N–H and O–H groups in total. The fourth-order valence-corrected chi connectivity index (χ4v) is 4.81. The lowest BCUT2D eigenvalue weighted by Gasteiger charge is -2.17. The second-order valence-electron chi connectivity index (χ2n) is 7.59. The van der Waals surface area contributed by atoms with E-state index in [9.17, 15) is 16.8 Å². The second kappa shape index (κ2) is 8.06. The van der Waals surface area contributed by atoms with E-state index in [0.29, 0.717) is 23.5 Å². The van der Waals surface area contributed by atoms with Crippen molar-refractivity contribution in [3.8, 4) is 11.5 Å². The fraction of sp³-hybridized carbons (Fsp3) is 0.400. The predicted molar refractivity (Wildman–Crippen MR) is 113 cm³/mol. The van der Waals surface area contributed by atoms with Gasteiger partial charge >= 0.3 is 0 Å². The molecule has 3 rings (SSSR count). The summed E-state index contributed by atoms with van der Waals surface area (Å²) in [6, 6.07) is 12.0. The van der Waals surface area contributed by atoms with E-state index in [2.05, 4.69) is 4.72 Å². The van der Waals surface area contributed by atoms with Crippen molar-refractivity contribution < 1.29 is 21.6 Å². The van der Waals surface area contributed by atoms with E-state index >= 15 is 0 Å². The topological polar surface area (TPSA) is 116 Å². The smallest absolute Gasteiger partial charge is 0.214 e. The lowest BCUT2D eigenvalue weighted by molar-refractivity contribution is 0.481. The first-order valence-electron chi connectivity index (χ1n) is 9.33. The Balaban J connectivity index is 1.79. The molecule has 9 heteroatoms. The molecule has 2 unspecified atom stereocenters. The number of sulfonamides is 1. The van der Waals surface area contributed by atoms with Gasteiger partial charge in [-0.1, -0.05) is 18.2 Å². The monoisotopic (exact) mass is 438 g/mol. The Morgan fingerprint density at radius 1 is 1.07 bits per heavy atom. The molecule has 0 aliphatic heterocycles. The van der Waals surface area contributed by atoms with Crippen molar-refractivity contribution in [1.82, 2.24) is 4.72 Å². The van der Waals surface area contributed by atoms with Crippen LogP contribution in [0.15, 0.2) is 42.5 Å². The second-order valence-corrected chi connectivity index (χ2v) is 12.0. The third-order valence-corrected chi connectivity index (χ3v) is 8.05. The summed E-state index contributed by atoms with van der Waals surface area (Å²) in [4.78, 5) is 0. The van der Waals surface area contributed by atoms with Crippen molar-refractivity contribution in [2.24, 2.45) is 5.73 Å². The van der Waals surface area contributed by atoms with Crippen LogP contribution in [0.2, 0.25) is 0 Å². The number of nitrogens with one attached hydrogen (secondary N) is 1. The van der Waals surface area contributed by atoms with E-state index in [-0.39, 0.29) is 6.04 Å². The molecule has 2 atom stereocenters. The van der Waals surface area contributed by atoms with Gasteiger partial charge in [0.25, 0.3) is 0 Å². The van der Waals surface area contributed by atoms with Crippen LogP contribution in [-0.4, -0.2) is 28.3 Å². The minimum Gasteiger partial charge on any atom is -0.457 e. The summed E-state index contributed by atoms with van der Waals surface area (Å²) in [5.41, 5.74) is 8.23. The van der Waals surface area contributed by atoms with Gasteiger partial charge in [0, 0.05) is 12.3 Å². The summed E-state index contributed by atoms with van der Waals surface area (Å²) in [6.45, 7) is 3.30. The van der Waals surface area contributed by atoms with Crippen LogP contribution in [0.25, 0.3) is 0 Å². The van der Waals surface area contributed by atoms with E-state index in [0.717, 1.165) is 23.8 Å². The van der Waals surface area contributed by atoms with Gasteiger partial charge < -0.3 is 10.5 Å². The van der Waals surface area contributed by atoms with Crippen molar-refractivity contribution in [3.63, 3.8) is 0 Å². The van der Waals surface area contributed by atoms with Crippen LogP contribution < -0.4 is 15.2 Å². The molecule has 0 amide bonds. The molecule has 1 aliphatic rings. The van der Waals surface area contributed by atoms with Gasteiger partial charge in [-0.05, 0) is 67.6 Å². The van der Waals surface area contributed by atoms with Crippen molar-refractivity contribution in [2.75, 3.05) is 6.26 Å². The lowest BCUT2D eigenvalue weighted by atomic mass is 10.1. The van der Waals surface area contributed by atoms with Crippen LogP contribution in [-0.2, 0) is 26.3 Å². The first-order valence-corrected chi connectivity index (χ1v) is 12.8. The van der Waals surface area contributed by atoms with Gasteiger partial charge in [0.05, 0.1) is 5.25 Å².